The fraction of sp³-hybridized carbons (Fsp3) is 0.297. The molecule has 6 rings (SSSR count). The predicted octanol–water partition coefficient (Wildman–Crippen LogP) is 6.03. The first-order valence-corrected chi connectivity index (χ1v) is 15.0. The maximum Gasteiger partial charge on any atom is 0.338 e. The number of fused-ring (bicyclic) bond motifs is 1. The summed E-state index contributed by atoms with van der Waals surface area (Å²) in [5, 5.41) is 0. The van der Waals surface area contributed by atoms with E-state index in [4.69, 9.17) is 28.4 Å². The summed E-state index contributed by atoms with van der Waals surface area (Å²) in [5.41, 5.74) is 1.94. The van der Waals surface area contributed by atoms with Gasteiger partial charge in [0.15, 0.2) is 30.4 Å². The van der Waals surface area contributed by atoms with Crippen LogP contribution in [0.1, 0.15) is 47.8 Å². The van der Waals surface area contributed by atoms with Crippen LogP contribution in [0.25, 0.3) is 0 Å². The molecule has 1 unspecified atom stereocenters. The first kappa shape index (κ1) is 30.7. The molecule has 5 atom stereocenters. The minimum absolute atomic E-state index is 0.106. The highest BCUT2D eigenvalue weighted by Gasteiger charge is 2.59. The molecule has 0 N–H and O–H groups in total. The highest BCUT2D eigenvalue weighted by molar-refractivity contribution is 5.89. The van der Waals surface area contributed by atoms with Crippen LogP contribution in [0.3, 0.4) is 0 Å². The molecule has 0 bridgehead atoms. The fourth-order valence-electron chi connectivity index (χ4n) is 6.09. The molecular weight excluding hydrogens is 572 g/mol. The summed E-state index contributed by atoms with van der Waals surface area (Å²) in [6, 6.07) is 38.3. The molecular formula is C37H36O8. The number of rotatable bonds is 10. The van der Waals surface area contributed by atoms with E-state index in [1.807, 2.05) is 97.1 Å². The van der Waals surface area contributed by atoms with Gasteiger partial charge in [0.1, 0.15) is 11.7 Å². The Hall–Kier alpha value is -4.34. The Morgan fingerprint density at radius 1 is 0.756 bits per heavy atom. The van der Waals surface area contributed by atoms with Crippen LogP contribution in [0.5, 0.6) is 0 Å². The molecule has 45 heavy (non-hydrogen) atoms. The highest BCUT2D eigenvalue weighted by Crippen LogP contribution is 2.43. The summed E-state index contributed by atoms with van der Waals surface area (Å²) in [4.78, 5) is 25.8. The average Bonchev–Trinajstić information content (AvgIpc) is 3.54. The van der Waals surface area contributed by atoms with Gasteiger partial charge in [-0.3, -0.25) is 4.79 Å². The van der Waals surface area contributed by atoms with Gasteiger partial charge in [0.25, 0.3) is 0 Å². The molecule has 2 saturated heterocycles. The number of hydrogen-bond acceptors (Lipinski definition) is 8. The molecule has 2 aliphatic rings. The Morgan fingerprint density at radius 2 is 1.24 bits per heavy atom. The molecule has 0 aromatic heterocycles. The minimum Gasteiger partial charge on any atom is -0.457 e. The number of ether oxygens (including phenoxy) is 6. The van der Waals surface area contributed by atoms with E-state index >= 15 is 0 Å². The maximum atomic E-state index is 13.3. The van der Waals surface area contributed by atoms with Crippen LogP contribution in [0, 0.1) is 0 Å². The summed E-state index contributed by atoms with van der Waals surface area (Å²) in [6.45, 7) is 4.74. The van der Waals surface area contributed by atoms with E-state index < -0.39 is 54.0 Å². The summed E-state index contributed by atoms with van der Waals surface area (Å²) >= 11 is 0. The van der Waals surface area contributed by atoms with Gasteiger partial charge >= 0.3 is 11.9 Å². The lowest BCUT2D eigenvalue weighted by Gasteiger charge is -2.38. The van der Waals surface area contributed by atoms with E-state index in [1.165, 1.54) is 6.92 Å². The first-order valence-electron chi connectivity index (χ1n) is 15.0. The Balaban J connectivity index is 1.38. The van der Waals surface area contributed by atoms with E-state index in [9.17, 15) is 9.59 Å². The molecule has 2 heterocycles. The Labute approximate surface area is 262 Å². The molecule has 8 heteroatoms. The summed E-state index contributed by atoms with van der Waals surface area (Å²) in [6.07, 6.45) is -4.51. The maximum absolute atomic E-state index is 13.3. The highest BCUT2D eigenvalue weighted by atomic mass is 16.8. The van der Waals surface area contributed by atoms with E-state index in [0.717, 1.165) is 16.7 Å². The minimum atomic E-state index is -1.08. The molecule has 0 aliphatic carbocycles. The van der Waals surface area contributed by atoms with E-state index in [0.29, 0.717) is 5.56 Å². The van der Waals surface area contributed by atoms with Crippen molar-refractivity contribution in [3.05, 3.63) is 144 Å². The van der Waals surface area contributed by atoms with E-state index in [-0.39, 0.29) is 6.61 Å². The molecule has 8 nitrogen and oxygen atoms in total. The third kappa shape index (κ3) is 6.41. The molecule has 2 aliphatic heterocycles. The van der Waals surface area contributed by atoms with Crippen LogP contribution in [-0.4, -0.2) is 55.0 Å². The van der Waals surface area contributed by atoms with E-state index in [2.05, 4.69) is 0 Å². The van der Waals surface area contributed by atoms with E-state index in [1.54, 1.807) is 38.1 Å². The summed E-state index contributed by atoms with van der Waals surface area (Å²) < 4.78 is 37.4. The molecule has 0 radical (unpaired) electrons. The van der Waals surface area contributed by atoms with Crippen molar-refractivity contribution in [1.82, 2.24) is 0 Å². The van der Waals surface area contributed by atoms with Crippen LogP contribution in [-0.2, 0) is 38.8 Å². The monoisotopic (exact) mass is 608 g/mol. The third-order valence-electron chi connectivity index (χ3n) is 7.97. The number of benzene rings is 4. The number of carbonyl (C=O) groups excluding carboxylic acids is 2. The summed E-state index contributed by atoms with van der Waals surface area (Å²) in [5.74, 6) is -2.06. The van der Waals surface area contributed by atoms with Crippen molar-refractivity contribution in [3.8, 4) is 0 Å². The molecule has 4 aromatic rings. The smallest absolute Gasteiger partial charge is 0.338 e. The molecule has 4 aromatic carbocycles. The number of esters is 2. The van der Waals surface area contributed by atoms with Crippen molar-refractivity contribution in [2.24, 2.45) is 0 Å². The van der Waals surface area contributed by atoms with Gasteiger partial charge in [0.05, 0.1) is 12.2 Å². The summed E-state index contributed by atoms with van der Waals surface area (Å²) in [7, 11) is 0. The van der Waals surface area contributed by atoms with Crippen molar-refractivity contribution in [2.75, 3.05) is 6.61 Å². The SMILES string of the molecule is CC(=O)OC(COC(c1ccccc1)(c1ccccc1)c1ccccc1)[C@H]1O[C@@H]2OC(C)(C)O[C@@H]2[C@H]1OC(=O)c1ccccc1. The van der Waals surface area contributed by atoms with Crippen LogP contribution in [0.4, 0.5) is 0 Å². The lowest BCUT2D eigenvalue weighted by Crippen LogP contribution is -2.48. The lowest BCUT2D eigenvalue weighted by atomic mass is 9.80. The zero-order chi connectivity index (χ0) is 31.4. The normalized spacial score (nSPS) is 22.7. The Morgan fingerprint density at radius 3 is 1.73 bits per heavy atom. The van der Waals surface area contributed by atoms with Crippen molar-refractivity contribution in [1.29, 1.82) is 0 Å². The largest absolute Gasteiger partial charge is 0.457 e. The molecule has 232 valence electrons. The Kier molecular flexibility index (Phi) is 8.83. The molecule has 0 saturated carbocycles. The first-order chi connectivity index (χ1) is 21.8. The van der Waals surface area contributed by atoms with Gasteiger partial charge in [-0.2, -0.15) is 0 Å². The Bertz CT molecular complexity index is 1480. The van der Waals surface area contributed by atoms with Crippen LogP contribution < -0.4 is 0 Å². The fourth-order valence-corrected chi connectivity index (χ4v) is 6.09. The number of carbonyl (C=O) groups is 2. The quantitative estimate of drug-likeness (QED) is 0.159. The number of hydrogen-bond donors (Lipinski definition) is 0. The van der Waals surface area contributed by atoms with Gasteiger partial charge in [-0.05, 0) is 42.7 Å². The van der Waals surface area contributed by atoms with Crippen LogP contribution >= 0.6 is 0 Å². The third-order valence-corrected chi connectivity index (χ3v) is 7.97. The van der Waals surface area contributed by atoms with Crippen molar-refractivity contribution >= 4 is 11.9 Å². The van der Waals surface area contributed by atoms with Crippen molar-refractivity contribution in [2.45, 2.75) is 62.9 Å². The van der Waals surface area contributed by atoms with Gasteiger partial charge in [-0.1, -0.05) is 109 Å². The van der Waals surface area contributed by atoms with Crippen LogP contribution in [0.15, 0.2) is 121 Å². The van der Waals surface area contributed by atoms with Gasteiger partial charge in [0, 0.05) is 6.92 Å². The second-order valence-electron chi connectivity index (χ2n) is 11.5. The van der Waals surface area contributed by atoms with Crippen molar-refractivity contribution in [3.63, 3.8) is 0 Å². The average molecular weight is 609 g/mol. The van der Waals surface area contributed by atoms with Gasteiger partial charge < -0.3 is 28.4 Å². The molecule has 0 amide bonds. The zero-order valence-electron chi connectivity index (χ0n) is 25.4. The molecule has 0 spiro atoms. The van der Waals surface area contributed by atoms with Crippen LogP contribution in [0.2, 0.25) is 0 Å². The van der Waals surface area contributed by atoms with Crippen molar-refractivity contribution < 1.29 is 38.0 Å². The predicted molar refractivity (Wildman–Crippen MR) is 165 cm³/mol. The second kappa shape index (κ2) is 12.9. The topological polar surface area (TPSA) is 89.5 Å². The van der Waals surface area contributed by atoms with Gasteiger partial charge in [0.2, 0.25) is 0 Å². The molecule has 2 fully saturated rings. The standard InChI is InChI=1S/C37H36O8/c1-25(38)41-30(31-32(33-35(43-31)45-36(2,3)44-33)42-34(39)26-16-8-4-9-17-26)24-40-37(27-18-10-5-11-19-27,28-20-12-6-13-21-28)29-22-14-7-15-23-29/h4-23,30-33,35H,24H2,1-3H3/t30?,31-,32+,33-,35-/m1/s1. The van der Waals surface area contributed by atoms with Gasteiger partial charge in [-0.15, -0.1) is 0 Å². The second-order valence-corrected chi connectivity index (χ2v) is 11.5. The lowest BCUT2D eigenvalue weighted by molar-refractivity contribution is -0.233. The van der Waals surface area contributed by atoms with Gasteiger partial charge in [-0.25, -0.2) is 4.79 Å². The zero-order valence-corrected chi connectivity index (χ0v) is 25.4.